The van der Waals surface area contributed by atoms with Gasteiger partial charge in [-0.25, -0.2) is 0 Å². The van der Waals surface area contributed by atoms with E-state index in [4.69, 9.17) is 9.47 Å². The van der Waals surface area contributed by atoms with Crippen molar-refractivity contribution in [3.05, 3.63) is 53.6 Å². The highest BCUT2D eigenvalue weighted by Gasteiger charge is 2.50. The summed E-state index contributed by atoms with van der Waals surface area (Å²) in [6.45, 7) is 3.16. The van der Waals surface area contributed by atoms with Crippen molar-refractivity contribution in [1.82, 2.24) is 0 Å². The van der Waals surface area contributed by atoms with Gasteiger partial charge in [-0.1, -0.05) is 18.2 Å². The van der Waals surface area contributed by atoms with Crippen LogP contribution in [0.15, 0.2) is 42.5 Å². The van der Waals surface area contributed by atoms with E-state index in [1.54, 1.807) is 36.4 Å². The van der Waals surface area contributed by atoms with E-state index in [1.807, 2.05) is 13.0 Å². The third-order valence-corrected chi connectivity index (χ3v) is 4.84. The SMILES string of the molecule is CCN1C(=O)[C@](O)(CC(=O)c2ccc3c(c2)OCCO3)c2ccccc21. The van der Waals surface area contributed by atoms with Crippen molar-refractivity contribution in [1.29, 1.82) is 0 Å². The van der Waals surface area contributed by atoms with Gasteiger partial charge in [0.15, 0.2) is 22.9 Å². The summed E-state index contributed by atoms with van der Waals surface area (Å²) in [7, 11) is 0. The number of anilines is 1. The second-order valence-electron chi connectivity index (χ2n) is 6.39. The molecule has 2 aliphatic heterocycles. The lowest BCUT2D eigenvalue weighted by Crippen LogP contribution is -2.41. The van der Waals surface area contributed by atoms with Gasteiger partial charge in [0.05, 0.1) is 12.1 Å². The van der Waals surface area contributed by atoms with Crippen LogP contribution in [-0.2, 0) is 10.4 Å². The lowest BCUT2D eigenvalue weighted by Gasteiger charge is -2.23. The molecule has 0 saturated carbocycles. The van der Waals surface area contributed by atoms with Crippen molar-refractivity contribution >= 4 is 17.4 Å². The number of Topliss-reactive ketones (excluding diaryl/α,β-unsaturated/α-hetero) is 1. The Hall–Kier alpha value is -2.86. The van der Waals surface area contributed by atoms with Gasteiger partial charge in [-0.15, -0.1) is 0 Å². The van der Waals surface area contributed by atoms with E-state index in [2.05, 4.69) is 0 Å². The summed E-state index contributed by atoms with van der Waals surface area (Å²) < 4.78 is 11.0. The molecular formula is C20H19NO5. The molecule has 0 fully saturated rings. The highest BCUT2D eigenvalue weighted by molar-refractivity contribution is 6.10. The molecule has 1 atom stereocenters. The first kappa shape index (κ1) is 16.6. The zero-order valence-electron chi connectivity index (χ0n) is 14.4. The van der Waals surface area contributed by atoms with E-state index in [1.165, 1.54) is 4.90 Å². The molecule has 1 N–H and O–H groups in total. The molecule has 26 heavy (non-hydrogen) atoms. The lowest BCUT2D eigenvalue weighted by atomic mass is 9.88. The summed E-state index contributed by atoms with van der Waals surface area (Å²) in [6.07, 6.45) is -0.320. The van der Waals surface area contributed by atoms with Crippen molar-refractivity contribution in [3.8, 4) is 11.5 Å². The molecule has 0 saturated heterocycles. The van der Waals surface area contributed by atoms with Crippen LogP contribution in [0.3, 0.4) is 0 Å². The van der Waals surface area contributed by atoms with Gasteiger partial charge >= 0.3 is 0 Å². The Balaban J connectivity index is 1.66. The number of ether oxygens (including phenoxy) is 2. The highest BCUT2D eigenvalue weighted by Crippen LogP contribution is 2.43. The first-order valence-corrected chi connectivity index (χ1v) is 8.61. The van der Waals surface area contributed by atoms with Gasteiger partial charge in [0, 0.05) is 17.7 Å². The fourth-order valence-electron chi connectivity index (χ4n) is 3.54. The first-order valence-electron chi connectivity index (χ1n) is 8.61. The van der Waals surface area contributed by atoms with Gasteiger partial charge in [-0.2, -0.15) is 0 Å². The summed E-state index contributed by atoms with van der Waals surface area (Å²) in [4.78, 5) is 27.1. The monoisotopic (exact) mass is 353 g/mol. The van der Waals surface area contributed by atoms with Gasteiger partial charge in [-0.05, 0) is 31.2 Å². The molecule has 6 heteroatoms. The number of amides is 1. The molecule has 1 amide bonds. The maximum Gasteiger partial charge on any atom is 0.264 e. The molecular weight excluding hydrogens is 334 g/mol. The van der Waals surface area contributed by atoms with Crippen LogP contribution >= 0.6 is 0 Å². The topological polar surface area (TPSA) is 76.1 Å². The van der Waals surface area contributed by atoms with E-state index in [9.17, 15) is 14.7 Å². The van der Waals surface area contributed by atoms with Crippen LogP contribution in [0.1, 0.15) is 29.3 Å². The number of hydrogen-bond acceptors (Lipinski definition) is 5. The average molecular weight is 353 g/mol. The number of para-hydroxylation sites is 1. The Morgan fingerprint density at radius 2 is 1.88 bits per heavy atom. The Morgan fingerprint density at radius 3 is 2.65 bits per heavy atom. The zero-order chi connectivity index (χ0) is 18.3. The van der Waals surface area contributed by atoms with E-state index in [0.717, 1.165) is 0 Å². The van der Waals surface area contributed by atoms with Crippen molar-refractivity contribution in [2.45, 2.75) is 18.9 Å². The predicted molar refractivity (Wildman–Crippen MR) is 94.7 cm³/mol. The van der Waals surface area contributed by atoms with Crippen molar-refractivity contribution < 1.29 is 24.2 Å². The maximum absolute atomic E-state index is 12.8. The second-order valence-corrected chi connectivity index (χ2v) is 6.39. The number of nitrogens with zero attached hydrogens (tertiary/aromatic N) is 1. The molecule has 0 aliphatic carbocycles. The third kappa shape index (κ3) is 2.45. The molecule has 134 valence electrons. The molecule has 6 nitrogen and oxygen atoms in total. The maximum atomic E-state index is 12.8. The Labute approximate surface area is 151 Å². The summed E-state index contributed by atoms with van der Waals surface area (Å²) in [5.74, 6) is 0.297. The van der Waals surface area contributed by atoms with Gasteiger partial charge in [0.25, 0.3) is 5.91 Å². The number of benzene rings is 2. The van der Waals surface area contributed by atoms with Crippen LogP contribution in [0.4, 0.5) is 5.69 Å². The molecule has 0 radical (unpaired) electrons. The Morgan fingerprint density at radius 1 is 1.15 bits per heavy atom. The summed E-state index contributed by atoms with van der Waals surface area (Å²) in [6, 6.07) is 11.9. The standard InChI is InChI=1S/C20H19NO5/c1-2-21-15-6-4-3-5-14(15)20(24,19(21)23)12-16(22)13-7-8-17-18(11-13)26-10-9-25-17/h3-8,11,24H,2,9-10,12H2,1H3/t20-/m0/s1. The number of fused-ring (bicyclic) bond motifs is 2. The molecule has 2 aromatic carbocycles. The molecule has 2 aliphatic rings. The molecule has 0 unspecified atom stereocenters. The second kappa shape index (κ2) is 6.14. The average Bonchev–Trinajstić information content (AvgIpc) is 2.88. The number of likely N-dealkylation sites (N-methyl/N-ethyl adjacent to an activating group) is 1. The van der Waals surface area contributed by atoms with Crippen LogP contribution in [0.2, 0.25) is 0 Å². The van der Waals surface area contributed by atoms with Gasteiger partial charge in [-0.3, -0.25) is 9.59 Å². The van der Waals surface area contributed by atoms with Gasteiger partial charge in [0.2, 0.25) is 0 Å². The molecule has 2 aromatic rings. The molecule has 0 bridgehead atoms. The number of carbonyl (C=O) groups excluding carboxylic acids is 2. The fraction of sp³-hybridized carbons (Fsp3) is 0.300. The largest absolute Gasteiger partial charge is 0.486 e. The summed E-state index contributed by atoms with van der Waals surface area (Å²) >= 11 is 0. The Bertz CT molecular complexity index is 894. The highest BCUT2D eigenvalue weighted by atomic mass is 16.6. The third-order valence-electron chi connectivity index (χ3n) is 4.84. The predicted octanol–water partition coefficient (Wildman–Crippen LogP) is 2.28. The quantitative estimate of drug-likeness (QED) is 0.854. The van der Waals surface area contributed by atoms with Crippen LogP contribution in [0.5, 0.6) is 11.5 Å². The Kier molecular flexibility index (Phi) is 3.92. The molecule has 0 spiro atoms. The van der Waals surface area contributed by atoms with Crippen LogP contribution in [0, 0.1) is 0 Å². The van der Waals surface area contributed by atoms with Crippen molar-refractivity contribution in [2.24, 2.45) is 0 Å². The number of hydrogen-bond donors (Lipinski definition) is 1. The van der Waals surface area contributed by atoms with E-state index in [-0.39, 0.29) is 12.2 Å². The molecule has 0 aromatic heterocycles. The first-order chi connectivity index (χ1) is 12.5. The summed E-state index contributed by atoms with van der Waals surface area (Å²) in [5, 5.41) is 11.1. The fourth-order valence-corrected chi connectivity index (χ4v) is 3.54. The van der Waals surface area contributed by atoms with Crippen LogP contribution < -0.4 is 14.4 Å². The number of aliphatic hydroxyl groups is 1. The normalized spacial score (nSPS) is 20.8. The van der Waals surface area contributed by atoms with Crippen LogP contribution in [0.25, 0.3) is 0 Å². The summed E-state index contributed by atoms with van der Waals surface area (Å²) in [5.41, 5.74) is -0.352. The number of carbonyl (C=O) groups is 2. The number of ketones is 1. The minimum atomic E-state index is -1.85. The van der Waals surface area contributed by atoms with Gasteiger partial charge < -0.3 is 19.5 Å². The van der Waals surface area contributed by atoms with Crippen LogP contribution in [-0.4, -0.2) is 36.6 Å². The minimum absolute atomic E-state index is 0.320. The van der Waals surface area contributed by atoms with Crippen molar-refractivity contribution in [2.75, 3.05) is 24.7 Å². The molecule has 2 heterocycles. The zero-order valence-corrected chi connectivity index (χ0v) is 14.4. The lowest BCUT2D eigenvalue weighted by molar-refractivity contribution is -0.135. The van der Waals surface area contributed by atoms with E-state index in [0.29, 0.717) is 48.1 Å². The molecule has 4 rings (SSSR count). The van der Waals surface area contributed by atoms with E-state index >= 15 is 0 Å². The smallest absolute Gasteiger partial charge is 0.264 e. The van der Waals surface area contributed by atoms with E-state index < -0.39 is 11.5 Å². The van der Waals surface area contributed by atoms with Gasteiger partial charge in [0.1, 0.15) is 13.2 Å². The number of rotatable bonds is 4. The minimum Gasteiger partial charge on any atom is -0.486 e. The van der Waals surface area contributed by atoms with Crippen molar-refractivity contribution in [3.63, 3.8) is 0 Å².